The van der Waals surface area contributed by atoms with Crippen LogP contribution < -0.4 is 5.32 Å². The number of carbonyl (C=O) groups is 1. The number of carbonyl (C=O) groups excluding carboxylic acids is 1. The molecule has 1 saturated heterocycles. The molecule has 1 aliphatic carbocycles. The van der Waals surface area contributed by atoms with Gasteiger partial charge in [0.1, 0.15) is 5.82 Å². The highest BCUT2D eigenvalue weighted by Gasteiger charge is 2.33. The minimum absolute atomic E-state index is 0.0985. The Balaban J connectivity index is 1.46. The molecular weight excluding hydrogens is 420 g/mol. The molecule has 7 nitrogen and oxygen atoms in total. The van der Waals surface area contributed by atoms with Crippen LogP contribution in [-0.4, -0.2) is 45.8 Å². The van der Waals surface area contributed by atoms with E-state index in [-0.39, 0.29) is 28.6 Å². The molecule has 2 atom stereocenters. The van der Waals surface area contributed by atoms with Crippen LogP contribution in [0.3, 0.4) is 0 Å². The summed E-state index contributed by atoms with van der Waals surface area (Å²) in [7, 11) is -3.02. The summed E-state index contributed by atoms with van der Waals surface area (Å²) >= 11 is 1.32. The standard InChI is InChI=1S/C21H26N4O3S2/c1-3-10-25-19(17-9-11-30(27,28)13-17)23-24-21(25)29-14(2)20(26)22-18-8-7-15-5-4-6-16(15)12-18/h3,7-8,12,14,17H,1,4-6,9-11,13H2,2H3,(H,22,26). The van der Waals surface area contributed by atoms with Crippen LogP contribution in [0.1, 0.15) is 42.6 Å². The highest BCUT2D eigenvalue weighted by Crippen LogP contribution is 2.32. The number of sulfone groups is 1. The van der Waals surface area contributed by atoms with Crippen LogP contribution in [0.4, 0.5) is 5.69 Å². The van der Waals surface area contributed by atoms with Gasteiger partial charge in [0.25, 0.3) is 0 Å². The van der Waals surface area contributed by atoms with Crippen molar-refractivity contribution in [2.24, 2.45) is 0 Å². The molecule has 1 N–H and O–H groups in total. The van der Waals surface area contributed by atoms with Crippen LogP contribution in [0.5, 0.6) is 0 Å². The van der Waals surface area contributed by atoms with Crippen molar-refractivity contribution in [1.29, 1.82) is 0 Å². The molecule has 0 saturated carbocycles. The number of fused-ring (bicyclic) bond motifs is 1. The van der Waals surface area contributed by atoms with Gasteiger partial charge in [-0.2, -0.15) is 0 Å². The predicted octanol–water partition coefficient (Wildman–Crippen LogP) is 2.97. The van der Waals surface area contributed by atoms with Crippen molar-refractivity contribution in [3.8, 4) is 0 Å². The van der Waals surface area contributed by atoms with Crippen molar-refractivity contribution < 1.29 is 13.2 Å². The molecule has 0 bridgehead atoms. The summed E-state index contributed by atoms with van der Waals surface area (Å²) in [5, 5.41) is 11.7. The molecule has 4 rings (SSSR count). The molecule has 160 valence electrons. The average Bonchev–Trinajstić information content (AvgIpc) is 3.41. The van der Waals surface area contributed by atoms with Gasteiger partial charge in [0.2, 0.25) is 5.91 Å². The fraction of sp³-hybridized carbons (Fsp3) is 0.476. The third-order valence-corrected chi connectivity index (χ3v) is 8.52. The fourth-order valence-electron chi connectivity index (χ4n) is 4.09. The summed E-state index contributed by atoms with van der Waals surface area (Å²) in [6.07, 6.45) is 5.63. The smallest absolute Gasteiger partial charge is 0.237 e. The lowest BCUT2D eigenvalue weighted by molar-refractivity contribution is -0.115. The largest absolute Gasteiger partial charge is 0.325 e. The normalized spacial score (nSPS) is 20.6. The maximum atomic E-state index is 12.7. The third kappa shape index (κ3) is 4.46. The number of aromatic nitrogens is 3. The number of anilines is 1. The van der Waals surface area contributed by atoms with E-state index in [1.807, 2.05) is 17.6 Å². The highest BCUT2D eigenvalue weighted by molar-refractivity contribution is 8.00. The Morgan fingerprint density at radius 2 is 2.17 bits per heavy atom. The summed E-state index contributed by atoms with van der Waals surface area (Å²) < 4.78 is 25.6. The van der Waals surface area contributed by atoms with E-state index < -0.39 is 9.84 Å². The van der Waals surface area contributed by atoms with E-state index in [0.29, 0.717) is 23.9 Å². The molecule has 30 heavy (non-hydrogen) atoms. The average molecular weight is 447 g/mol. The zero-order valence-electron chi connectivity index (χ0n) is 17.0. The first kappa shape index (κ1) is 21.1. The zero-order valence-corrected chi connectivity index (χ0v) is 18.6. The van der Waals surface area contributed by atoms with Crippen molar-refractivity contribution in [1.82, 2.24) is 14.8 Å². The maximum Gasteiger partial charge on any atom is 0.237 e. The van der Waals surface area contributed by atoms with Gasteiger partial charge in [0.05, 0.1) is 16.8 Å². The first-order valence-corrected chi connectivity index (χ1v) is 12.9. The molecule has 0 radical (unpaired) electrons. The number of thioether (sulfide) groups is 1. The van der Waals surface area contributed by atoms with E-state index in [1.54, 1.807) is 6.08 Å². The van der Waals surface area contributed by atoms with Gasteiger partial charge in [0.15, 0.2) is 15.0 Å². The molecule has 1 fully saturated rings. The molecule has 1 aromatic heterocycles. The number of nitrogens with zero attached hydrogens (tertiary/aromatic N) is 3. The highest BCUT2D eigenvalue weighted by atomic mass is 32.2. The van der Waals surface area contributed by atoms with Crippen molar-refractivity contribution >= 4 is 33.2 Å². The number of amides is 1. The second kappa shape index (κ2) is 8.55. The van der Waals surface area contributed by atoms with E-state index in [1.165, 1.54) is 29.3 Å². The lowest BCUT2D eigenvalue weighted by Gasteiger charge is -2.14. The quantitative estimate of drug-likeness (QED) is 0.519. The number of hydrogen-bond donors (Lipinski definition) is 1. The Morgan fingerprint density at radius 1 is 1.37 bits per heavy atom. The number of hydrogen-bond acceptors (Lipinski definition) is 6. The van der Waals surface area contributed by atoms with Gasteiger partial charge < -0.3 is 9.88 Å². The Labute approximate surface area is 181 Å². The van der Waals surface area contributed by atoms with Crippen molar-refractivity contribution in [3.63, 3.8) is 0 Å². The molecule has 1 aliphatic heterocycles. The van der Waals surface area contributed by atoms with Crippen LogP contribution in [0.2, 0.25) is 0 Å². The van der Waals surface area contributed by atoms with E-state index in [0.717, 1.165) is 18.5 Å². The van der Waals surface area contributed by atoms with Crippen molar-refractivity contribution in [2.45, 2.75) is 55.5 Å². The van der Waals surface area contributed by atoms with Crippen LogP contribution >= 0.6 is 11.8 Å². The number of nitrogens with one attached hydrogen (secondary N) is 1. The van der Waals surface area contributed by atoms with Crippen LogP contribution in [0.15, 0.2) is 36.0 Å². The predicted molar refractivity (Wildman–Crippen MR) is 119 cm³/mol. The maximum absolute atomic E-state index is 12.7. The van der Waals surface area contributed by atoms with Crippen molar-refractivity contribution in [3.05, 3.63) is 47.8 Å². The summed E-state index contributed by atoms with van der Waals surface area (Å²) in [4.78, 5) is 12.7. The summed E-state index contributed by atoms with van der Waals surface area (Å²) in [5.74, 6) is 0.676. The van der Waals surface area contributed by atoms with E-state index in [2.05, 4.69) is 34.2 Å². The third-order valence-electron chi connectivity index (χ3n) is 5.67. The monoisotopic (exact) mass is 446 g/mol. The number of allylic oxidation sites excluding steroid dienone is 1. The lowest BCUT2D eigenvalue weighted by Crippen LogP contribution is -2.23. The van der Waals surface area contributed by atoms with E-state index >= 15 is 0 Å². The first-order valence-electron chi connectivity index (χ1n) is 10.2. The second-order valence-electron chi connectivity index (χ2n) is 7.93. The Bertz CT molecular complexity index is 1080. The minimum Gasteiger partial charge on any atom is -0.325 e. The number of rotatable bonds is 7. The van der Waals surface area contributed by atoms with E-state index in [9.17, 15) is 13.2 Å². The lowest BCUT2D eigenvalue weighted by atomic mass is 10.1. The van der Waals surface area contributed by atoms with Gasteiger partial charge in [0, 0.05) is 18.2 Å². The number of benzene rings is 1. The molecule has 2 heterocycles. The zero-order chi connectivity index (χ0) is 21.3. The molecule has 2 aromatic rings. The summed E-state index contributed by atoms with van der Waals surface area (Å²) in [6.45, 7) is 6.09. The SMILES string of the molecule is C=CCn1c(SC(C)C(=O)Nc2ccc3c(c2)CCC3)nnc1C1CCS(=O)(=O)C1. The topological polar surface area (TPSA) is 93.9 Å². The van der Waals surface area contributed by atoms with Crippen LogP contribution in [-0.2, 0) is 34.0 Å². The number of aryl methyl sites for hydroxylation is 2. The summed E-state index contributed by atoms with van der Waals surface area (Å²) in [5.41, 5.74) is 3.50. The van der Waals surface area contributed by atoms with Gasteiger partial charge >= 0.3 is 0 Å². The molecule has 2 unspecified atom stereocenters. The van der Waals surface area contributed by atoms with Gasteiger partial charge in [-0.3, -0.25) is 4.79 Å². The van der Waals surface area contributed by atoms with Crippen molar-refractivity contribution in [2.75, 3.05) is 16.8 Å². The Morgan fingerprint density at radius 3 is 2.90 bits per heavy atom. The Hall–Kier alpha value is -2.13. The van der Waals surface area contributed by atoms with E-state index in [4.69, 9.17) is 0 Å². The first-order chi connectivity index (χ1) is 14.4. The van der Waals surface area contributed by atoms with Gasteiger partial charge in [-0.15, -0.1) is 16.8 Å². The molecule has 2 aliphatic rings. The molecule has 0 spiro atoms. The van der Waals surface area contributed by atoms with Gasteiger partial charge in [-0.25, -0.2) is 8.42 Å². The van der Waals surface area contributed by atoms with Crippen LogP contribution in [0.25, 0.3) is 0 Å². The molecule has 1 aromatic carbocycles. The molecule has 9 heteroatoms. The Kier molecular flexibility index (Phi) is 6.02. The second-order valence-corrected chi connectivity index (χ2v) is 11.5. The summed E-state index contributed by atoms with van der Waals surface area (Å²) in [6, 6.07) is 6.12. The van der Waals surface area contributed by atoms with Crippen LogP contribution in [0, 0.1) is 0 Å². The van der Waals surface area contributed by atoms with Gasteiger partial charge in [-0.05, 0) is 55.9 Å². The van der Waals surface area contributed by atoms with Gasteiger partial charge in [-0.1, -0.05) is 23.9 Å². The fourth-order valence-corrected chi connectivity index (χ4v) is 6.70. The minimum atomic E-state index is -3.02. The molecule has 1 amide bonds. The molecular formula is C21H26N4O3S2.